The number of nitrogens with zero attached hydrogens (tertiary/aromatic N) is 2. The number of ketones is 1. The van der Waals surface area contributed by atoms with Gasteiger partial charge < -0.3 is 9.84 Å². The van der Waals surface area contributed by atoms with Gasteiger partial charge in [0.05, 0.1) is 28.9 Å². The molecule has 1 atom stereocenters. The molecule has 5 rings (SSSR count). The van der Waals surface area contributed by atoms with Crippen LogP contribution in [0.2, 0.25) is 5.02 Å². The number of carbonyl (C=O) groups is 2. The van der Waals surface area contributed by atoms with Crippen molar-refractivity contribution < 1.29 is 23.8 Å². The van der Waals surface area contributed by atoms with E-state index >= 15 is 0 Å². The largest absolute Gasteiger partial charge is 0.507 e. The number of anilines is 1. The Bertz CT molecular complexity index is 1480. The lowest BCUT2D eigenvalue weighted by Gasteiger charge is -2.23. The van der Waals surface area contributed by atoms with Gasteiger partial charge in [-0.2, -0.15) is 0 Å². The highest BCUT2D eigenvalue weighted by Gasteiger charge is 2.48. The first kappa shape index (κ1) is 22.1. The number of methoxy groups -OCH3 is 1. The highest BCUT2D eigenvalue weighted by Crippen LogP contribution is 2.44. The Morgan fingerprint density at radius 3 is 2.59 bits per heavy atom. The van der Waals surface area contributed by atoms with E-state index in [2.05, 4.69) is 4.98 Å². The Kier molecular flexibility index (Phi) is 5.55. The summed E-state index contributed by atoms with van der Waals surface area (Å²) in [5, 5.41) is 11.8. The quantitative estimate of drug-likeness (QED) is 0.223. The van der Waals surface area contributed by atoms with Crippen LogP contribution < -0.4 is 9.64 Å². The van der Waals surface area contributed by atoms with Crippen LogP contribution in [0.15, 0.2) is 72.3 Å². The Labute approximate surface area is 202 Å². The average molecular weight is 495 g/mol. The van der Waals surface area contributed by atoms with E-state index in [1.807, 2.05) is 0 Å². The van der Waals surface area contributed by atoms with Crippen LogP contribution in [0.25, 0.3) is 16.0 Å². The molecule has 0 bridgehead atoms. The fourth-order valence-electron chi connectivity index (χ4n) is 3.92. The van der Waals surface area contributed by atoms with Crippen molar-refractivity contribution in [3.63, 3.8) is 0 Å². The minimum atomic E-state index is -0.980. The molecule has 34 heavy (non-hydrogen) atoms. The average Bonchev–Trinajstić information content (AvgIpc) is 3.36. The van der Waals surface area contributed by atoms with Gasteiger partial charge in [-0.1, -0.05) is 35.1 Å². The monoisotopic (exact) mass is 494 g/mol. The molecule has 1 saturated heterocycles. The molecule has 1 aliphatic heterocycles. The maximum Gasteiger partial charge on any atom is 0.301 e. The zero-order valence-electron chi connectivity index (χ0n) is 17.7. The van der Waals surface area contributed by atoms with Crippen molar-refractivity contribution in [3.8, 4) is 5.75 Å². The maximum absolute atomic E-state index is 13.7. The molecule has 0 aliphatic carbocycles. The molecule has 170 valence electrons. The Hall–Kier alpha value is -3.75. The number of hydrogen-bond acceptors (Lipinski definition) is 6. The molecule has 1 aromatic heterocycles. The Balaban J connectivity index is 1.72. The SMILES string of the molecule is COc1ccc(C(O)=C2C(=O)C(=O)N(c3nc4ccc(F)cc4s3)[C@@H]2c2cccc(Cl)c2)cc1. The molecule has 0 saturated carbocycles. The number of aliphatic hydroxyl groups excluding tert-OH is 1. The third kappa shape index (κ3) is 3.70. The summed E-state index contributed by atoms with van der Waals surface area (Å²) in [6, 6.07) is 16.3. The predicted octanol–water partition coefficient (Wildman–Crippen LogP) is 5.72. The number of ether oxygens (including phenoxy) is 1. The van der Waals surface area contributed by atoms with Gasteiger partial charge >= 0.3 is 5.91 Å². The number of hydrogen-bond donors (Lipinski definition) is 1. The van der Waals surface area contributed by atoms with Crippen LogP contribution in [0.5, 0.6) is 5.75 Å². The van der Waals surface area contributed by atoms with Gasteiger partial charge in [0, 0.05) is 10.6 Å². The van der Waals surface area contributed by atoms with Crippen molar-refractivity contribution in [1.82, 2.24) is 4.98 Å². The Morgan fingerprint density at radius 2 is 1.88 bits per heavy atom. The summed E-state index contributed by atoms with van der Waals surface area (Å²) < 4.78 is 19.4. The number of fused-ring (bicyclic) bond motifs is 1. The number of amides is 1. The normalized spacial score (nSPS) is 17.5. The molecule has 4 aromatic rings. The third-order valence-electron chi connectivity index (χ3n) is 5.52. The van der Waals surface area contributed by atoms with Gasteiger partial charge in [0.15, 0.2) is 5.13 Å². The van der Waals surface area contributed by atoms with Crippen LogP contribution in [0, 0.1) is 5.82 Å². The van der Waals surface area contributed by atoms with Crippen LogP contribution in [0.4, 0.5) is 9.52 Å². The van der Waals surface area contributed by atoms with Gasteiger partial charge in [-0.3, -0.25) is 14.5 Å². The van der Waals surface area contributed by atoms with E-state index in [1.54, 1.807) is 48.5 Å². The summed E-state index contributed by atoms with van der Waals surface area (Å²) in [5.74, 6) is -1.90. The lowest BCUT2D eigenvalue weighted by Crippen LogP contribution is -2.29. The summed E-state index contributed by atoms with van der Waals surface area (Å²) in [6.45, 7) is 0. The second-order valence-electron chi connectivity index (χ2n) is 7.56. The standard InChI is InChI=1S/C25H16ClFN2O4S/c1-33-17-8-5-13(6-9-17)22(30)20-21(14-3-2-4-15(26)11-14)29(24(32)23(20)31)25-28-18-10-7-16(27)12-19(18)34-25/h2-12,21,30H,1H3/t21-/m1/s1. The Morgan fingerprint density at radius 1 is 1.12 bits per heavy atom. The molecule has 1 fully saturated rings. The highest BCUT2D eigenvalue weighted by atomic mass is 35.5. The number of rotatable bonds is 4. The lowest BCUT2D eigenvalue weighted by atomic mass is 9.95. The number of carbonyl (C=O) groups excluding carboxylic acids is 2. The summed E-state index contributed by atoms with van der Waals surface area (Å²) in [4.78, 5) is 32.1. The minimum Gasteiger partial charge on any atom is -0.507 e. The smallest absolute Gasteiger partial charge is 0.301 e. The number of benzene rings is 3. The van der Waals surface area contributed by atoms with Crippen LogP contribution in [-0.4, -0.2) is 28.9 Å². The van der Waals surface area contributed by atoms with Gasteiger partial charge in [-0.25, -0.2) is 9.37 Å². The van der Waals surface area contributed by atoms with Crippen molar-refractivity contribution >= 4 is 55.7 Å². The van der Waals surface area contributed by atoms with Crippen molar-refractivity contribution in [2.45, 2.75) is 6.04 Å². The van der Waals surface area contributed by atoms with Gasteiger partial charge in [-0.05, 0) is 60.2 Å². The number of thiazole rings is 1. The summed E-state index contributed by atoms with van der Waals surface area (Å²) in [5.41, 5.74) is 1.26. The van der Waals surface area contributed by atoms with E-state index in [0.29, 0.717) is 32.1 Å². The van der Waals surface area contributed by atoms with Gasteiger partial charge in [0.1, 0.15) is 17.3 Å². The molecule has 2 heterocycles. The van der Waals surface area contributed by atoms with Gasteiger partial charge in [0.25, 0.3) is 5.78 Å². The molecule has 0 radical (unpaired) electrons. The summed E-state index contributed by atoms with van der Waals surface area (Å²) >= 11 is 7.29. The van der Waals surface area contributed by atoms with Crippen LogP contribution >= 0.6 is 22.9 Å². The number of aliphatic hydroxyl groups is 1. The molecule has 6 nitrogen and oxygen atoms in total. The fraction of sp³-hybridized carbons (Fsp3) is 0.0800. The van der Waals surface area contributed by atoms with E-state index in [-0.39, 0.29) is 16.5 Å². The maximum atomic E-state index is 13.7. The molecule has 1 amide bonds. The topological polar surface area (TPSA) is 79.7 Å². The first-order chi connectivity index (χ1) is 16.4. The number of halogens is 2. The first-order valence-corrected chi connectivity index (χ1v) is 11.3. The van der Waals surface area contributed by atoms with Crippen molar-refractivity contribution in [2.24, 2.45) is 0 Å². The molecular weight excluding hydrogens is 479 g/mol. The highest BCUT2D eigenvalue weighted by molar-refractivity contribution is 7.22. The summed E-state index contributed by atoms with van der Waals surface area (Å²) in [6.07, 6.45) is 0. The zero-order valence-corrected chi connectivity index (χ0v) is 19.2. The number of Topliss-reactive ketones (excluding diaryl/α,β-unsaturated/α-hetero) is 1. The minimum absolute atomic E-state index is 0.0946. The van der Waals surface area contributed by atoms with Crippen LogP contribution in [-0.2, 0) is 9.59 Å². The number of aromatic nitrogens is 1. The molecule has 0 spiro atoms. The second kappa shape index (κ2) is 8.55. The van der Waals surface area contributed by atoms with E-state index in [4.69, 9.17) is 16.3 Å². The summed E-state index contributed by atoms with van der Waals surface area (Å²) in [7, 11) is 1.52. The lowest BCUT2D eigenvalue weighted by molar-refractivity contribution is -0.132. The molecule has 0 unspecified atom stereocenters. The van der Waals surface area contributed by atoms with E-state index in [0.717, 1.165) is 11.3 Å². The van der Waals surface area contributed by atoms with Gasteiger partial charge in [0.2, 0.25) is 0 Å². The molecule has 1 aliphatic rings. The van der Waals surface area contributed by atoms with Crippen molar-refractivity contribution in [1.29, 1.82) is 0 Å². The molecular formula is C25H16ClFN2O4S. The zero-order chi connectivity index (χ0) is 24.0. The van der Waals surface area contributed by atoms with E-state index in [1.165, 1.54) is 30.2 Å². The van der Waals surface area contributed by atoms with Crippen molar-refractivity contribution in [3.05, 3.63) is 94.3 Å². The third-order valence-corrected chi connectivity index (χ3v) is 6.77. The first-order valence-electron chi connectivity index (χ1n) is 10.1. The van der Waals surface area contributed by atoms with E-state index in [9.17, 15) is 19.1 Å². The molecule has 9 heteroatoms. The van der Waals surface area contributed by atoms with E-state index < -0.39 is 23.5 Å². The molecule has 1 N–H and O–H groups in total. The van der Waals surface area contributed by atoms with Gasteiger partial charge in [-0.15, -0.1) is 0 Å². The fourth-order valence-corrected chi connectivity index (χ4v) is 5.13. The van der Waals surface area contributed by atoms with Crippen LogP contribution in [0.1, 0.15) is 17.2 Å². The van der Waals surface area contributed by atoms with Crippen molar-refractivity contribution in [2.75, 3.05) is 12.0 Å². The second-order valence-corrected chi connectivity index (χ2v) is 9.01. The van der Waals surface area contributed by atoms with Crippen LogP contribution in [0.3, 0.4) is 0 Å². The predicted molar refractivity (Wildman–Crippen MR) is 129 cm³/mol. The molecule has 3 aromatic carbocycles.